The first kappa shape index (κ1) is 24.0. The van der Waals surface area contributed by atoms with Crippen LogP contribution in [0.3, 0.4) is 0 Å². The summed E-state index contributed by atoms with van der Waals surface area (Å²) in [6.07, 6.45) is 0.722. The third-order valence-corrected chi connectivity index (χ3v) is 1.94. The molecular formula is C12H12Cl2O5Zn. The number of hydrogen-bond acceptors (Lipinski definition) is 4. The van der Waals surface area contributed by atoms with Crippen molar-refractivity contribution in [2.45, 2.75) is 0 Å². The maximum Gasteiger partial charge on any atom is 2.00 e. The number of rotatable bonds is 4. The second kappa shape index (κ2) is 12.9. The molecule has 20 heavy (non-hydrogen) atoms. The van der Waals surface area contributed by atoms with Gasteiger partial charge in [0.2, 0.25) is 0 Å². The number of ether oxygens (including phenoxy) is 1. The van der Waals surface area contributed by atoms with Crippen LogP contribution in [0.2, 0.25) is 10.0 Å². The van der Waals surface area contributed by atoms with E-state index >= 15 is 0 Å². The van der Waals surface area contributed by atoms with Crippen molar-refractivity contribution in [1.82, 2.24) is 0 Å². The summed E-state index contributed by atoms with van der Waals surface area (Å²) < 4.78 is 4.86. The van der Waals surface area contributed by atoms with Crippen LogP contribution in [0.5, 0.6) is 5.75 Å². The minimum absolute atomic E-state index is 0. The third-order valence-electron chi connectivity index (χ3n) is 1.41. The Morgan fingerprint density at radius 3 is 2.25 bits per heavy atom. The van der Waals surface area contributed by atoms with Crippen LogP contribution < -0.4 is 9.84 Å². The van der Waals surface area contributed by atoms with E-state index in [1.165, 1.54) is 12.1 Å². The van der Waals surface area contributed by atoms with Gasteiger partial charge in [0.15, 0.2) is 6.61 Å². The molecule has 0 bridgehead atoms. The second-order valence-corrected chi connectivity index (χ2v) is 3.62. The molecule has 0 amide bonds. The minimum Gasteiger partial charge on any atom is -0.545 e. The van der Waals surface area contributed by atoms with Gasteiger partial charge in [0, 0.05) is 5.02 Å². The molecule has 0 saturated heterocycles. The molecule has 1 rings (SSSR count). The Hall–Kier alpha value is -1.10. The van der Waals surface area contributed by atoms with Crippen LogP contribution in [0.15, 0.2) is 30.9 Å². The number of carbonyl (C=O) groups excluding carboxylic acids is 1. The van der Waals surface area contributed by atoms with Crippen LogP contribution >= 0.6 is 23.2 Å². The molecule has 0 aliphatic carbocycles. The van der Waals surface area contributed by atoms with Crippen LogP contribution in [0.4, 0.5) is 0 Å². The SMILES string of the molecule is C=CC(=O)[O-].O=C(O)COc1ccc(Cl)cc1Cl.[CH3-].[Zn+2]. The molecule has 5 nitrogen and oxygen atoms in total. The van der Waals surface area contributed by atoms with Gasteiger partial charge in [0.25, 0.3) is 0 Å². The van der Waals surface area contributed by atoms with Gasteiger partial charge in [-0.1, -0.05) is 29.8 Å². The molecule has 0 aromatic heterocycles. The molecule has 0 radical (unpaired) electrons. The van der Waals surface area contributed by atoms with E-state index in [0.29, 0.717) is 15.8 Å². The fourth-order valence-corrected chi connectivity index (χ4v) is 1.19. The molecular weight excluding hydrogens is 360 g/mol. The average molecular weight is 373 g/mol. The van der Waals surface area contributed by atoms with Gasteiger partial charge in [-0.3, -0.25) is 0 Å². The fraction of sp³-hybridized carbons (Fsp3) is 0.0833. The van der Waals surface area contributed by atoms with E-state index in [-0.39, 0.29) is 26.9 Å². The molecule has 0 fully saturated rings. The van der Waals surface area contributed by atoms with Gasteiger partial charge in [-0.2, -0.15) is 0 Å². The largest absolute Gasteiger partial charge is 2.00 e. The Bertz CT molecular complexity index is 451. The maximum atomic E-state index is 10.2. The predicted octanol–water partition coefficient (Wildman–Crippen LogP) is 1.83. The number of halogens is 2. The van der Waals surface area contributed by atoms with Crippen molar-refractivity contribution in [3.63, 3.8) is 0 Å². The summed E-state index contributed by atoms with van der Waals surface area (Å²) in [4.78, 5) is 19.3. The van der Waals surface area contributed by atoms with Gasteiger partial charge in [-0.05, 0) is 24.3 Å². The first-order valence-electron chi connectivity index (χ1n) is 4.50. The summed E-state index contributed by atoms with van der Waals surface area (Å²) in [5.74, 6) is -1.97. The minimum atomic E-state index is -1.23. The summed E-state index contributed by atoms with van der Waals surface area (Å²) >= 11 is 11.3. The van der Waals surface area contributed by atoms with E-state index in [9.17, 15) is 4.79 Å². The van der Waals surface area contributed by atoms with Crippen LogP contribution in [0.1, 0.15) is 0 Å². The smallest absolute Gasteiger partial charge is 0.545 e. The van der Waals surface area contributed by atoms with Gasteiger partial charge < -0.3 is 27.2 Å². The fourth-order valence-electron chi connectivity index (χ4n) is 0.732. The van der Waals surface area contributed by atoms with Gasteiger partial charge in [0.05, 0.1) is 11.0 Å². The molecule has 0 heterocycles. The number of carboxylic acid groups (broad SMARTS) is 2. The topological polar surface area (TPSA) is 86.7 Å². The molecule has 0 spiro atoms. The quantitative estimate of drug-likeness (QED) is 0.495. The molecule has 1 aromatic carbocycles. The van der Waals surface area contributed by atoms with Crippen LogP contribution in [-0.2, 0) is 29.1 Å². The summed E-state index contributed by atoms with van der Waals surface area (Å²) in [6, 6.07) is 4.58. The molecule has 8 heteroatoms. The Morgan fingerprint density at radius 2 is 1.90 bits per heavy atom. The summed E-state index contributed by atoms with van der Waals surface area (Å²) in [5.41, 5.74) is 0. The molecule has 1 N–H and O–H groups in total. The van der Waals surface area contributed by atoms with Crippen molar-refractivity contribution in [1.29, 1.82) is 0 Å². The van der Waals surface area contributed by atoms with E-state index in [4.69, 9.17) is 42.9 Å². The average Bonchev–Trinajstić information content (AvgIpc) is 2.28. The Morgan fingerprint density at radius 1 is 1.40 bits per heavy atom. The molecule has 0 aliphatic rings. The zero-order valence-electron chi connectivity index (χ0n) is 10.8. The Kier molecular flexibility index (Phi) is 15.5. The summed E-state index contributed by atoms with van der Waals surface area (Å²) in [5, 5.41) is 18.2. The van der Waals surface area contributed by atoms with E-state index in [0.717, 1.165) is 6.08 Å². The van der Waals surface area contributed by atoms with Crippen molar-refractivity contribution in [3.8, 4) is 5.75 Å². The second-order valence-electron chi connectivity index (χ2n) is 2.78. The standard InChI is InChI=1S/C8H6Cl2O3.C3H4O2.CH3.Zn/c9-5-1-2-7(6(10)3-5)13-4-8(11)12;1-2-3(4)5;;/h1-3H,4H2,(H,11,12);2H,1H2,(H,4,5);1H3;/q;;-1;+2/p-1. The molecule has 1 aromatic rings. The van der Waals surface area contributed by atoms with Crippen LogP contribution in [-0.4, -0.2) is 23.7 Å². The van der Waals surface area contributed by atoms with Crippen molar-refractivity contribution < 1.29 is 44.0 Å². The van der Waals surface area contributed by atoms with Gasteiger partial charge in [-0.25, -0.2) is 4.79 Å². The number of benzene rings is 1. The van der Waals surface area contributed by atoms with Gasteiger partial charge in [-0.15, -0.1) is 0 Å². The van der Waals surface area contributed by atoms with Crippen LogP contribution in [0, 0.1) is 7.43 Å². The van der Waals surface area contributed by atoms with E-state index < -0.39 is 18.5 Å². The summed E-state index contributed by atoms with van der Waals surface area (Å²) in [6.45, 7) is 2.48. The van der Waals surface area contributed by atoms with Crippen molar-refractivity contribution in [2.75, 3.05) is 6.61 Å². The predicted molar refractivity (Wildman–Crippen MR) is 71.2 cm³/mol. The van der Waals surface area contributed by atoms with E-state index in [1.807, 2.05) is 0 Å². The van der Waals surface area contributed by atoms with Gasteiger partial charge in [0.1, 0.15) is 5.75 Å². The number of carbonyl (C=O) groups is 2. The normalized spacial score (nSPS) is 7.90. The third kappa shape index (κ3) is 12.0. The van der Waals surface area contributed by atoms with Crippen molar-refractivity contribution >= 4 is 35.1 Å². The van der Waals surface area contributed by atoms with E-state index in [2.05, 4.69) is 6.58 Å². The van der Waals surface area contributed by atoms with Crippen LogP contribution in [0.25, 0.3) is 0 Å². The molecule has 106 valence electrons. The summed E-state index contributed by atoms with van der Waals surface area (Å²) in [7, 11) is 0. The number of hydrogen-bond donors (Lipinski definition) is 1. The van der Waals surface area contributed by atoms with Gasteiger partial charge >= 0.3 is 25.4 Å². The molecule has 0 unspecified atom stereocenters. The first-order chi connectivity index (χ1) is 8.36. The van der Waals surface area contributed by atoms with Crippen molar-refractivity contribution in [2.24, 2.45) is 0 Å². The Balaban J connectivity index is -0.000000361. The van der Waals surface area contributed by atoms with E-state index in [1.54, 1.807) is 6.07 Å². The zero-order chi connectivity index (χ0) is 14.1. The molecule has 0 aliphatic heterocycles. The number of aliphatic carboxylic acids is 2. The number of carboxylic acids is 2. The first-order valence-corrected chi connectivity index (χ1v) is 5.25. The molecule has 0 atom stereocenters. The van der Waals surface area contributed by atoms with Crippen molar-refractivity contribution in [3.05, 3.63) is 48.3 Å². The monoisotopic (exact) mass is 370 g/mol. The maximum absolute atomic E-state index is 10.2. The zero-order valence-corrected chi connectivity index (χ0v) is 15.2. The molecule has 0 saturated carbocycles. The Labute approximate surface area is 139 Å².